The van der Waals surface area contributed by atoms with E-state index in [1.807, 2.05) is 14.0 Å². The summed E-state index contributed by atoms with van der Waals surface area (Å²) in [7, 11) is 1.81. The van der Waals surface area contributed by atoms with E-state index in [9.17, 15) is 4.79 Å². The van der Waals surface area contributed by atoms with Gasteiger partial charge in [0.05, 0.1) is 6.04 Å². The second-order valence-corrected chi connectivity index (χ2v) is 4.59. The lowest BCUT2D eigenvalue weighted by molar-refractivity contribution is -0.122. The van der Waals surface area contributed by atoms with Gasteiger partial charge in [0.1, 0.15) is 0 Å². The molecule has 0 heterocycles. The van der Waals surface area contributed by atoms with Gasteiger partial charge in [-0.15, -0.1) is 0 Å². The maximum Gasteiger partial charge on any atom is 0.236 e. The van der Waals surface area contributed by atoms with Crippen molar-refractivity contribution in [2.75, 3.05) is 13.6 Å². The van der Waals surface area contributed by atoms with Crippen molar-refractivity contribution in [3.63, 3.8) is 0 Å². The van der Waals surface area contributed by atoms with Crippen LogP contribution in [0.1, 0.15) is 45.4 Å². The minimum Gasteiger partial charge on any atom is -0.355 e. The van der Waals surface area contributed by atoms with Crippen molar-refractivity contribution in [3.8, 4) is 0 Å². The third-order valence-corrected chi connectivity index (χ3v) is 3.39. The molecule has 1 aliphatic rings. The number of carbonyl (C=O) groups is 1. The maximum absolute atomic E-state index is 11.4. The lowest BCUT2D eigenvalue weighted by Crippen LogP contribution is -2.40. The lowest BCUT2D eigenvalue weighted by atomic mass is 10.0. The number of likely N-dealkylation sites (N-methyl/N-ethyl adjacent to an activating group) is 1. The first-order valence-corrected chi connectivity index (χ1v) is 6.19. The second-order valence-electron chi connectivity index (χ2n) is 4.59. The zero-order valence-corrected chi connectivity index (χ0v) is 10.0. The molecule has 1 amide bonds. The van der Waals surface area contributed by atoms with E-state index in [-0.39, 0.29) is 11.9 Å². The molecule has 0 aromatic heterocycles. The largest absolute Gasteiger partial charge is 0.355 e. The Morgan fingerprint density at radius 3 is 2.67 bits per heavy atom. The molecular weight excluding hydrogens is 188 g/mol. The molecule has 1 atom stereocenters. The highest BCUT2D eigenvalue weighted by atomic mass is 16.2. The Kier molecular flexibility index (Phi) is 5.69. The van der Waals surface area contributed by atoms with E-state index in [1.165, 1.54) is 32.1 Å². The summed E-state index contributed by atoms with van der Waals surface area (Å²) < 4.78 is 0. The van der Waals surface area contributed by atoms with Crippen molar-refractivity contribution in [1.82, 2.24) is 10.6 Å². The fourth-order valence-electron chi connectivity index (χ4n) is 2.19. The van der Waals surface area contributed by atoms with E-state index in [1.54, 1.807) is 0 Å². The van der Waals surface area contributed by atoms with Crippen LogP contribution >= 0.6 is 0 Å². The Morgan fingerprint density at radius 1 is 1.40 bits per heavy atom. The predicted octanol–water partition coefficient (Wildman–Crippen LogP) is 1.68. The zero-order chi connectivity index (χ0) is 11.1. The summed E-state index contributed by atoms with van der Waals surface area (Å²) in [6.45, 7) is 2.72. The van der Waals surface area contributed by atoms with E-state index < -0.39 is 0 Å². The molecule has 3 heteroatoms. The lowest BCUT2D eigenvalue weighted by Gasteiger charge is -2.12. The number of hydrogen-bond donors (Lipinski definition) is 2. The molecule has 0 aliphatic heterocycles. The molecular formula is C12H24N2O. The van der Waals surface area contributed by atoms with Gasteiger partial charge in [0.25, 0.3) is 0 Å². The van der Waals surface area contributed by atoms with Crippen LogP contribution in [-0.2, 0) is 4.79 Å². The van der Waals surface area contributed by atoms with E-state index >= 15 is 0 Å². The van der Waals surface area contributed by atoms with Gasteiger partial charge >= 0.3 is 0 Å². The number of hydrogen-bond acceptors (Lipinski definition) is 2. The van der Waals surface area contributed by atoms with Crippen molar-refractivity contribution in [1.29, 1.82) is 0 Å². The minimum atomic E-state index is -0.0727. The highest BCUT2D eigenvalue weighted by molar-refractivity contribution is 5.81. The van der Waals surface area contributed by atoms with Gasteiger partial charge in [-0.3, -0.25) is 4.79 Å². The summed E-state index contributed by atoms with van der Waals surface area (Å²) in [5.74, 6) is 1.05. The number of nitrogens with one attached hydrogen (secondary N) is 2. The molecule has 3 nitrogen and oxygen atoms in total. The van der Waals surface area contributed by atoms with Gasteiger partial charge in [-0.25, -0.2) is 0 Å². The van der Waals surface area contributed by atoms with Gasteiger partial charge in [-0.1, -0.05) is 25.7 Å². The number of amides is 1. The SMILES string of the molecule is CNC(C)C(=O)NCCCC1CCCC1. The van der Waals surface area contributed by atoms with E-state index in [4.69, 9.17) is 0 Å². The van der Waals surface area contributed by atoms with Gasteiger partial charge in [0, 0.05) is 6.54 Å². The van der Waals surface area contributed by atoms with Crippen LogP contribution in [0.5, 0.6) is 0 Å². The Balaban J connectivity index is 1.98. The standard InChI is InChI=1S/C12H24N2O/c1-10(13-2)12(15)14-9-5-8-11-6-3-4-7-11/h10-11,13H,3-9H2,1-2H3,(H,14,15). The Labute approximate surface area is 93.0 Å². The summed E-state index contributed by atoms with van der Waals surface area (Å²) >= 11 is 0. The normalized spacial score (nSPS) is 19.1. The van der Waals surface area contributed by atoms with Gasteiger partial charge in [-0.05, 0) is 32.7 Å². The molecule has 0 aromatic rings. The summed E-state index contributed by atoms with van der Waals surface area (Å²) in [6.07, 6.45) is 8.05. The fraction of sp³-hybridized carbons (Fsp3) is 0.917. The third kappa shape index (κ3) is 4.65. The van der Waals surface area contributed by atoms with Crippen molar-refractivity contribution in [3.05, 3.63) is 0 Å². The predicted molar refractivity (Wildman–Crippen MR) is 62.7 cm³/mol. The quantitative estimate of drug-likeness (QED) is 0.658. The van der Waals surface area contributed by atoms with Crippen LogP contribution in [0.3, 0.4) is 0 Å². The fourth-order valence-corrected chi connectivity index (χ4v) is 2.19. The summed E-state index contributed by atoms with van der Waals surface area (Å²) in [5, 5.41) is 5.89. The first-order valence-electron chi connectivity index (χ1n) is 6.19. The van der Waals surface area contributed by atoms with Gasteiger partial charge in [0.15, 0.2) is 0 Å². The molecule has 2 N–H and O–H groups in total. The van der Waals surface area contributed by atoms with Crippen LogP contribution in [0.25, 0.3) is 0 Å². The highest BCUT2D eigenvalue weighted by Gasteiger charge is 2.14. The van der Waals surface area contributed by atoms with Crippen LogP contribution in [0.4, 0.5) is 0 Å². The average molecular weight is 212 g/mol. The van der Waals surface area contributed by atoms with E-state index in [2.05, 4.69) is 10.6 Å². The minimum absolute atomic E-state index is 0.0727. The summed E-state index contributed by atoms with van der Waals surface area (Å²) in [4.78, 5) is 11.4. The molecule has 0 radical (unpaired) electrons. The van der Waals surface area contributed by atoms with Crippen LogP contribution < -0.4 is 10.6 Å². The average Bonchev–Trinajstić information content (AvgIpc) is 2.75. The van der Waals surface area contributed by atoms with Crippen molar-refractivity contribution < 1.29 is 4.79 Å². The Morgan fingerprint density at radius 2 is 2.07 bits per heavy atom. The second kappa shape index (κ2) is 6.83. The maximum atomic E-state index is 11.4. The van der Waals surface area contributed by atoms with Crippen molar-refractivity contribution >= 4 is 5.91 Å². The molecule has 1 fully saturated rings. The highest BCUT2D eigenvalue weighted by Crippen LogP contribution is 2.28. The molecule has 1 unspecified atom stereocenters. The topological polar surface area (TPSA) is 41.1 Å². The van der Waals surface area contributed by atoms with E-state index in [0.717, 1.165) is 18.9 Å². The van der Waals surface area contributed by atoms with Crippen molar-refractivity contribution in [2.45, 2.75) is 51.5 Å². The molecule has 1 saturated carbocycles. The van der Waals surface area contributed by atoms with Gasteiger partial charge in [0.2, 0.25) is 5.91 Å². The summed E-state index contributed by atoms with van der Waals surface area (Å²) in [6, 6.07) is -0.0727. The third-order valence-electron chi connectivity index (χ3n) is 3.39. The molecule has 1 aliphatic carbocycles. The molecule has 0 aromatic carbocycles. The molecule has 0 spiro atoms. The Hall–Kier alpha value is -0.570. The number of carbonyl (C=O) groups excluding carboxylic acids is 1. The first-order chi connectivity index (χ1) is 7.24. The molecule has 0 bridgehead atoms. The molecule has 88 valence electrons. The monoisotopic (exact) mass is 212 g/mol. The van der Waals surface area contributed by atoms with Crippen molar-refractivity contribution in [2.24, 2.45) is 5.92 Å². The van der Waals surface area contributed by atoms with Crippen LogP contribution in [0.2, 0.25) is 0 Å². The van der Waals surface area contributed by atoms with Crippen LogP contribution in [0, 0.1) is 5.92 Å². The zero-order valence-electron chi connectivity index (χ0n) is 10.0. The first kappa shape index (κ1) is 12.5. The van der Waals surface area contributed by atoms with Gasteiger partial charge in [-0.2, -0.15) is 0 Å². The number of rotatable bonds is 6. The van der Waals surface area contributed by atoms with Crippen LogP contribution in [0.15, 0.2) is 0 Å². The molecule has 0 saturated heterocycles. The Bertz CT molecular complexity index is 188. The van der Waals surface area contributed by atoms with E-state index in [0.29, 0.717) is 0 Å². The summed E-state index contributed by atoms with van der Waals surface area (Å²) in [5.41, 5.74) is 0. The van der Waals surface area contributed by atoms with Gasteiger partial charge < -0.3 is 10.6 Å². The molecule has 15 heavy (non-hydrogen) atoms. The molecule has 1 rings (SSSR count). The van der Waals surface area contributed by atoms with Crippen LogP contribution in [-0.4, -0.2) is 25.5 Å². The smallest absolute Gasteiger partial charge is 0.236 e.